The Balaban J connectivity index is 2.31. The first-order valence-electron chi connectivity index (χ1n) is 7.52. The Labute approximate surface area is 111 Å². The Morgan fingerprint density at radius 2 is 1.83 bits per heavy atom. The molecule has 0 saturated heterocycles. The highest BCUT2D eigenvalue weighted by molar-refractivity contribution is 6.41. The third-order valence-corrected chi connectivity index (χ3v) is 4.19. The van der Waals surface area contributed by atoms with E-state index >= 15 is 0 Å². The Morgan fingerprint density at radius 3 is 2.33 bits per heavy atom. The van der Waals surface area contributed by atoms with E-state index in [2.05, 4.69) is 25.7 Å². The van der Waals surface area contributed by atoms with Crippen molar-refractivity contribution in [3.05, 3.63) is 0 Å². The van der Waals surface area contributed by atoms with E-state index in [9.17, 15) is 4.79 Å². The average molecular weight is 250 g/mol. The molecule has 2 rings (SSSR count). The summed E-state index contributed by atoms with van der Waals surface area (Å²) < 4.78 is 0. The van der Waals surface area contributed by atoms with Gasteiger partial charge in [-0.15, -0.1) is 0 Å². The lowest BCUT2D eigenvalue weighted by Crippen LogP contribution is -2.47. The standard InChI is InChI=1S/C15H26N2O/c1-4-11-17-14(18)13(12(2)3)16-15(17)9-7-5-6-8-10-15/h12H,4-11H2,1-3H3. The molecule has 102 valence electrons. The topological polar surface area (TPSA) is 32.7 Å². The van der Waals surface area contributed by atoms with Crippen LogP contribution in [-0.2, 0) is 4.79 Å². The molecule has 1 aliphatic heterocycles. The molecule has 0 bridgehead atoms. The van der Waals surface area contributed by atoms with Crippen molar-refractivity contribution >= 4 is 11.6 Å². The van der Waals surface area contributed by atoms with Gasteiger partial charge in [0.1, 0.15) is 11.4 Å². The van der Waals surface area contributed by atoms with Crippen molar-refractivity contribution in [2.45, 2.75) is 71.4 Å². The van der Waals surface area contributed by atoms with E-state index in [4.69, 9.17) is 4.99 Å². The minimum absolute atomic E-state index is 0.177. The molecule has 0 radical (unpaired) electrons. The molecule has 0 atom stereocenters. The van der Waals surface area contributed by atoms with E-state index in [0.717, 1.165) is 31.5 Å². The molecule has 0 N–H and O–H groups in total. The van der Waals surface area contributed by atoms with Gasteiger partial charge in [0, 0.05) is 12.5 Å². The van der Waals surface area contributed by atoms with E-state index in [0.29, 0.717) is 0 Å². The zero-order valence-electron chi connectivity index (χ0n) is 12.0. The average Bonchev–Trinajstić information content (AvgIpc) is 2.52. The second-order valence-corrected chi connectivity index (χ2v) is 6.01. The predicted molar refractivity (Wildman–Crippen MR) is 74.7 cm³/mol. The quantitative estimate of drug-likeness (QED) is 0.755. The normalized spacial score (nSPS) is 23.7. The van der Waals surface area contributed by atoms with Gasteiger partial charge in [-0.2, -0.15) is 0 Å². The number of nitrogens with zero attached hydrogens (tertiary/aromatic N) is 2. The molecular weight excluding hydrogens is 224 g/mol. The summed E-state index contributed by atoms with van der Waals surface area (Å²) in [6, 6.07) is 0. The molecule has 3 heteroatoms. The number of carbonyl (C=O) groups excluding carboxylic acids is 1. The fourth-order valence-electron chi connectivity index (χ4n) is 3.25. The first-order valence-corrected chi connectivity index (χ1v) is 7.52. The SMILES string of the molecule is CCCN1C(=O)C(C(C)C)=NC12CCCCCC2. The van der Waals surface area contributed by atoms with Crippen LogP contribution < -0.4 is 0 Å². The zero-order chi connectivity index (χ0) is 13.2. The smallest absolute Gasteiger partial charge is 0.270 e. The first-order chi connectivity index (χ1) is 8.60. The molecule has 1 saturated carbocycles. The molecular formula is C15H26N2O. The summed E-state index contributed by atoms with van der Waals surface area (Å²) in [4.78, 5) is 19.5. The van der Waals surface area contributed by atoms with Crippen molar-refractivity contribution in [3.8, 4) is 0 Å². The summed E-state index contributed by atoms with van der Waals surface area (Å²) >= 11 is 0. The van der Waals surface area contributed by atoms with E-state index in [-0.39, 0.29) is 17.5 Å². The van der Waals surface area contributed by atoms with Crippen LogP contribution in [0.25, 0.3) is 0 Å². The summed E-state index contributed by atoms with van der Waals surface area (Å²) in [6.45, 7) is 7.16. The minimum Gasteiger partial charge on any atom is -0.313 e. The second-order valence-electron chi connectivity index (χ2n) is 6.01. The Morgan fingerprint density at radius 1 is 1.22 bits per heavy atom. The molecule has 1 heterocycles. The molecule has 3 nitrogen and oxygen atoms in total. The van der Waals surface area contributed by atoms with Crippen molar-refractivity contribution in [2.75, 3.05) is 6.54 Å². The van der Waals surface area contributed by atoms with Crippen LogP contribution in [0.2, 0.25) is 0 Å². The zero-order valence-corrected chi connectivity index (χ0v) is 12.0. The molecule has 1 aliphatic carbocycles. The number of amides is 1. The van der Waals surface area contributed by atoms with E-state index in [1.54, 1.807) is 0 Å². The Kier molecular flexibility index (Phi) is 4.08. The highest BCUT2D eigenvalue weighted by Crippen LogP contribution is 2.38. The lowest BCUT2D eigenvalue weighted by Gasteiger charge is -2.35. The summed E-state index contributed by atoms with van der Waals surface area (Å²) in [5.41, 5.74) is 0.633. The van der Waals surface area contributed by atoms with Gasteiger partial charge in [-0.25, -0.2) is 0 Å². The molecule has 1 fully saturated rings. The highest BCUT2D eigenvalue weighted by atomic mass is 16.2. The van der Waals surface area contributed by atoms with E-state index in [1.807, 2.05) is 0 Å². The van der Waals surface area contributed by atoms with Crippen molar-refractivity contribution in [3.63, 3.8) is 0 Å². The van der Waals surface area contributed by atoms with Crippen LogP contribution in [0.1, 0.15) is 65.7 Å². The molecule has 18 heavy (non-hydrogen) atoms. The summed E-state index contributed by atoms with van der Waals surface area (Å²) in [5, 5.41) is 0. The van der Waals surface area contributed by atoms with Crippen LogP contribution in [0, 0.1) is 5.92 Å². The van der Waals surface area contributed by atoms with E-state index in [1.165, 1.54) is 25.7 Å². The minimum atomic E-state index is -0.177. The van der Waals surface area contributed by atoms with Crippen LogP contribution in [0.4, 0.5) is 0 Å². The first kappa shape index (κ1) is 13.6. The number of carbonyl (C=O) groups is 1. The fraction of sp³-hybridized carbons (Fsp3) is 0.867. The molecule has 0 aromatic carbocycles. The predicted octanol–water partition coefficient (Wildman–Crippen LogP) is 3.39. The highest BCUT2D eigenvalue weighted by Gasteiger charge is 2.46. The Bertz CT molecular complexity index is 338. The molecule has 1 spiro atoms. The van der Waals surface area contributed by atoms with Gasteiger partial charge in [0.15, 0.2) is 0 Å². The molecule has 2 aliphatic rings. The summed E-state index contributed by atoms with van der Waals surface area (Å²) in [7, 11) is 0. The number of rotatable bonds is 3. The van der Waals surface area contributed by atoms with Crippen molar-refractivity contribution in [2.24, 2.45) is 10.9 Å². The van der Waals surface area contributed by atoms with Gasteiger partial charge >= 0.3 is 0 Å². The van der Waals surface area contributed by atoms with Gasteiger partial charge in [-0.1, -0.05) is 33.6 Å². The van der Waals surface area contributed by atoms with Gasteiger partial charge in [-0.05, 0) is 32.1 Å². The molecule has 1 amide bonds. The number of hydrogen-bond donors (Lipinski definition) is 0. The van der Waals surface area contributed by atoms with Crippen molar-refractivity contribution < 1.29 is 4.79 Å². The largest absolute Gasteiger partial charge is 0.313 e. The van der Waals surface area contributed by atoms with Gasteiger partial charge in [0.25, 0.3) is 5.91 Å². The van der Waals surface area contributed by atoms with Crippen molar-refractivity contribution in [1.82, 2.24) is 4.90 Å². The van der Waals surface area contributed by atoms with Gasteiger partial charge in [0.05, 0.1) is 0 Å². The third-order valence-electron chi connectivity index (χ3n) is 4.19. The molecule has 0 unspecified atom stereocenters. The van der Waals surface area contributed by atoms with Gasteiger partial charge < -0.3 is 4.90 Å². The maximum atomic E-state index is 12.5. The number of aliphatic imine (C=N–C) groups is 1. The van der Waals surface area contributed by atoms with Crippen molar-refractivity contribution in [1.29, 1.82) is 0 Å². The second kappa shape index (κ2) is 5.41. The molecule has 0 aromatic rings. The fourth-order valence-corrected chi connectivity index (χ4v) is 3.25. The van der Waals surface area contributed by atoms with Crippen LogP contribution in [-0.4, -0.2) is 28.7 Å². The van der Waals surface area contributed by atoms with Crippen LogP contribution in [0.5, 0.6) is 0 Å². The lowest BCUT2D eigenvalue weighted by molar-refractivity contribution is -0.128. The summed E-state index contributed by atoms with van der Waals surface area (Å²) in [5.74, 6) is 0.452. The van der Waals surface area contributed by atoms with Crippen LogP contribution in [0.3, 0.4) is 0 Å². The van der Waals surface area contributed by atoms with E-state index < -0.39 is 0 Å². The number of hydrogen-bond acceptors (Lipinski definition) is 2. The monoisotopic (exact) mass is 250 g/mol. The van der Waals surface area contributed by atoms with Gasteiger partial charge in [-0.3, -0.25) is 9.79 Å². The lowest BCUT2D eigenvalue weighted by atomic mass is 10.00. The Hall–Kier alpha value is -0.860. The third kappa shape index (κ3) is 2.32. The van der Waals surface area contributed by atoms with Crippen LogP contribution in [0.15, 0.2) is 4.99 Å². The maximum Gasteiger partial charge on any atom is 0.270 e. The molecule has 0 aromatic heterocycles. The summed E-state index contributed by atoms with van der Waals surface area (Å²) in [6.07, 6.45) is 8.16. The van der Waals surface area contributed by atoms with Gasteiger partial charge in [0.2, 0.25) is 0 Å². The maximum absolute atomic E-state index is 12.5. The van der Waals surface area contributed by atoms with Crippen LogP contribution >= 0.6 is 0 Å².